The molecule has 0 fully saturated rings. The number of rotatable bonds is 4. The molecule has 3 aromatic rings. The van der Waals surface area contributed by atoms with E-state index < -0.39 is 15.8 Å². The van der Waals surface area contributed by atoms with E-state index in [-0.39, 0.29) is 15.7 Å². The molecule has 0 spiro atoms. The summed E-state index contributed by atoms with van der Waals surface area (Å²) in [6.07, 6.45) is 0. The van der Waals surface area contributed by atoms with E-state index in [0.29, 0.717) is 21.8 Å². The lowest BCUT2D eigenvalue weighted by Crippen LogP contribution is -2.14. The van der Waals surface area contributed by atoms with Gasteiger partial charge in [0.2, 0.25) is 0 Å². The molecule has 0 aliphatic heterocycles. The molecular formula is C18H13Cl2FN2O2S. The summed E-state index contributed by atoms with van der Waals surface area (Å²) in [6, 6.07) is 13.2. The number of sulfonamides is 1. The Morgan fingerprint density at radius 1 is 1.00 bits per heavy atom. The number of anilines is 1. The maximum absolute atomic E-state index is 13.2. The minimum Gasteiger partial charge on any atom is -0.263 e. The number of aromatic nitrogens is 1. The van der Waals surface area contributed by atoms with E-state index >= 15 is 0 Å². The van der Waals surface area contributed by atoms with Crippen LogP contribution in [0.1, 0.15) is 5.69 Å². The number of nitrogens with zero attached hydrogens (tertiary/aromatic N) is 1. The van der Waals surface area contributed by atoms with Gasteiger partial charge < -0.3 is 0 Å². The number of nitrogens with one attached hydrogen (secondary N) is 1. The molecule has 8 heteroatoms. The van der Waals surface area contributed by atoms with Gasteiger partial charge in [0.1, 0.15) is 11.6 Å². The molecule has 2 aromatic carbocycles. The lowest BCUT2D eigenvalue weighted by molar-refractivity contribution is 0.601. The summed E-state index contributed by atoms with van der Waals surface area (Å²) >= 11 is 11.9. The third-order valence-electron chi connectivity index (χ3n) is 3.65. The van der Waals surface area contributed by atoms with Crippen LogP contribution in [0.15, 0.2) is 59.5 Å². The number of hydrogen-bond acceptors (Lipinski definition) is 3. The van der Waals surface area contributed by atoms with Gasteiger partial charge in [-0.15, -0.1) is 0 Å². The van der Waals surface area contributed by atoms with E-state index in [4.69, 9.17) is 23.2 Å². The molecule has 3 rings (SSSR count). The highest BCUT2D eigenvalue weighted by Crippen LogP contribution is 2.31. The van der Waals surface area contributed by atoms with Crippen LogP contribution in [0.2, 0.25) is 10.0 Å². The molecule has 4 nitrogen and oxygen atoms in total. The van der Waals surface area contributed by atoms with E-state index in [2.05, 4.69) is 9.71 Å². The highest BCUT2D eigenvalue weighted by Gasteiger charge is 2.16. The molecule has 0 saturated carbocycles. The molecule has 134 valence electrons. The predicted octanol–water partition coefficient (Wildman–Crippen LogP) is 5.30. The second-order valence-electron chi connectivity index (χ2n) is 5.52. The van der Waals surface area contributed by atoms with Gasteiger partial charge in [0.05, 0.1) is 9.92 Å². The first-order valence-corrected chi connectivity index (χ1v) is 9.71. The van der Waals surface area contributed by atoms with Gasteiger partial charge in [0.25, 0.3) is 10.0 Å². The van der Waals surface area contributed by atoms with Crippen molar-refractivity contribution in [2.24, 2.45) is 0 Å². The second-order valence-corrected chi connectivity index (χ2v) is 8.04. The van der Waals surface area contributed by atoms with E-state index in [1.54, 1.807) is 31.2 Å². The van der Waals surface area contributed by atoms with Crippen molar-refractivity contribution in [3.63, 3.8) is 0 Å². The Kier molecular flexibility index (Phi) is 5.18. The van der Waals surface area contributed by atoms with Crippen LogP contribution in [-0.4, -0.2) is 13.4 Å². The smallest absolute Gasteiger partial charge is 0.263 e. The summed E-state index contributed by atoms with van der Waals surface area (Å²) in [5.74, 6) is -0.278. The van der Waals surface area contributed by atoms with Gasteiger partial charge >= 0.3 is 0 Å². The quantitative estimate of drug-likeness (QED) is 0.634. The van der Waals surface area contributed by atoms with Gasteiger partial charge in [-0.3, -0.25) is 4.72 Å². The van der Waals surface area contributed by atoms with Crippen molar-refractivity contribution in [1.82, 2.24) is 4.98 Å². The van der Waals surface area contributed by atoms with E-state index in [9.17, 15) is 12.8 Å². The molecule has 0 amide bonds. The first kappa shape index (κ1) is 18.6. The molecule has 0 radical (unpaired) electrons. The minimum atomic E-state index is -3.82. The maximum Gasteiger partial charge on any atom is 0.263 e. The fraction of sp³-hybridized carbons (Fsp3) is 0.0556. The zero-order chi connectivity index (χ0) is 18.9. The van der Waals surface area contributed by atoms with Gasteiger partial charge in [0.15, 0.2) is 0 Å². The second kappa shape index (κ2) is 7.23. The third kappa shape index (κ3) is 3.98. The van der Waals surface area contributed by atoms with Crippen LogP contribution in [-0.2, 0) is 10.0 Å². The topological polar surface area (TPSA) is 59.1 Å². The average molecular weight is 411 g/mol. The minimum absolute atomic E-state index is 0.0371. The lowest BCUT2D eigenvalue weighted by atomic mass is 10.0. The van der Waals surface area contributed by atoms with Gasteiger partial charge in [-0.05, 0) is 55.5 Å². The molecule has 1 N–H and O–H groups in total. The monoisotopic (exact) mass is 410 g/mol. The number of hydrogen-bond donors (Lipinski definition) is 1. The van der Waals surface area contributed by atoms with E-state index in [1.807, 2.05) is 0 Å². The summed E-state index contributed by atoms with van der Waals surface area (Å²) in [4.78, 5) is 4.31. The van der Waals surface area contributed by atoms with Crippen LogP contribution in [0, 0.1) is 12.7 Å². The van der Waals surface area contributed by atoms with Gasteiger partial charge in [-0.2, -0.15) is 0 Å². The van der Waals surface area contributed by atoms with Crippen molar-refractivity contribution < 1.29 is 12.8 Å². The molecule has 0 bridgehead atoms. The van der Waals surface area contributed by atoms with Crippen molar-refractivity contribution in [3.8, 4) is 11.1 Å². The maximum atomic E-state index is 13.2. The van der Waals surface area contributed by atoms with Crippen LogP contribution in [0.5, 0.6) is 0 Å². The highest BCUT2D eigenvalue weighted by molar-refractivity contribution is 7.92. The van der Waals surface area contributed by atoms with Gasteiger partial charge in [0, 0.05) is 21.8 Å². The number of benzene rings is 2. The molecule has 0 saturated heterocycles. The van der Waals surface area contributed by atoms with E-state index in [0.717, 1.165) is 0 Å². The Balaban J connectivity index is 1.93. The standard InChI is InChI=1S/C18H13Cl2FN2O2S/c1-11-15(16-6-5-13(21)10-17(16)20)7-8-18(22-11)23-26(24,25)14-4-2-3-12(19)9-14/h2-10H,1H3,(H,22,23). The van der Waals surface area contributed by atoms with Gasteiger partial charge in [-0.25, -0.2) is 17.8 Å². The lowest BCUT2D eigenvalue weighted by Gasteiger charge is -2.12. The Morgan fingerprint density at radius 2 is 1.73 bits per heavy atom. The molecule has 0 atom stereocenters. The normalized spacial score (nSPS) is 11.4. The fourth-order valence-corrected chi connectivity index (χ4v) is 4.01. The first-order valence-electron chi connectivity index (χ1n) is 7.48. The van der Waals surface area contributed by atoms with Crippen molar-refractivity contribution in [2.75, 3.05) is 4.72 Å². The number of halogens is 3. The molecule has 0 aliphatic carbocycles. The summed E-state index contributed by atoms with van der Waals surface area (Å²) in [6.45, 7) is 1.71. The molecule has 0 aliphatic rings. The van der Waals surface area contributed by atoms with E-state index in [1.165, 1.54) is 30.3 Å². The average Bonchev–Trinajstić information content (AvgIpc) is 2.55. The fourth-order valence-electron chi connectivity index (χ4n) is 2.44. The van der Waals surface area contributed by atoms with Crippen LogP contribution >= 0.6 is 23.2 Å². The van der Waals surface area contributed by atoms with Crippen molar-refractivity contribution in [1.29, 1.82) is 0 Å². The summed E-state index contributed by atoms with van der Waals surface area (Å²) in [5, 5.41) is 0.570. The van der Waals surface area contributed by atoms with Crippen LogP contribution < -0.4 is 4.72 Å². The Hall–Kier alpha value is -2.15. The molecular weight excluding hydrogens is 398 g/mol. The van der Waals surface area contributed by atoms with Crippen molar-refractivity contribution >= 4 is 39.0 Å². The summed E-state index contributed by atoms with van der Waals surface area (Å²) < 4.78 is 40.5. The molecule has 1 aromatic heterocycles. The summed E-state index contributed by atoms with van der Waals surface area (Å²) in [7, 11) is -3.82. The predicted molar refractivity (Wildman–Crippen MR) is 102 cm³/mol. The van der Waals surface area contributed by atoms with Crippen LogP contribution in [0.4, 0.5) is 10.2 Å². The largest absolute Gasteiger partial charge is 0.263 e. The Morgan fingerprint density at radius 3 is 2.38 bits per heavy atom. The SMILES string of the molecule is Cc1nc(NS(=O)(=O)c2cccc(Cl)c2)ccc1-c1ccc(F)cc1Cl. The highest BCUT2D eigenvalue weighted by atomic mass is 35.5. The van der Waals surface area contributed by atoms with Crippen molar-refractivity contribution in [3.05, 3.63) is 76.2 Å². The Labute approximate surface area is 160 Å². The molecule has 26 heavy (non-hydrogen) atoms. The zero-order valence-corrected chi connectivity index (χ0v) is 15.8. The van der Waals surface area contributed by atoms with Crippen LogP contribution in [0.25, 0.3) is 11.1 Å². The number of pyridine rings is 1. The van der Waals surface area contributed by atoms with Crippen LogP contribution in [0.3, 0.4) is 0 Å². The first-order chi connectivity index (χ1) is 12.3. The van der Waals surface area contributed by atoms with Gasteiger partial charge in [-0.1, -0.05) is 29.3 Å². The third-order valence-corrected chi connectivity index (χ3v) is 5.55. The van der Waals surface area contributed by atoms with Crippen molar-refractivity contribution in [2.45, 2.75) is 11.8 Å². The molecule has 1 heterocycles. The number of aryl methyl sites for hydroxylation is 1. The molecule has 0 unspecified atom stereocenters. The zero-order valence-electron chi connectivity index (χ0n) is 13.5. The Bertz CT molecular complexity index is 1090. The summed E-state index contributed by atoms with van der Waals surface area (Å²) in [5.41, 5.74) is 1.84.